The Labute approximate surface area is 124 Å². The molecule has 2 atom stereocenters. The van der Waals surface area contributed by atoms with E-state index in [9.17, 15) is 9.59 Å². The monoisotopic (exact) mass is 282 g/mol. The van der Waals surface area contributed by atoms with E-state index < -0.39 is 6.04 Å². The number of hydrogen-bond donors (Lipinski definition) is 0. The van der Waals surface area contributed by atoms with E-state index in [4.69, 9.17) is 6.42 Å². The number of hydrogen-bond acceptors (Lipinski definition) is 2. The number of carbonyl (C=O) groups excluding carboxylic acids is 2. The normalized spacial score (nSPS) is 25.5. The number of rotatable bonds is 2. The number of carbonyl (C=O) groups is 2. The van der Waals surface area contributed by atoms with Gasteiger partial charge in [-0.3, -0.25) is 9.59 Å². The van der Waals surface area contributed by atoms with Crippen molar-refractivity contribution in [3.63, 3.8) is 0 Å². The molecule has 2 aliphatic heterocycles. The van der Waals surface area contributed by atoms with Crippen LogP contribution in [0.3, 0.4) is 0 Å². The van der Waals surface area contributed by atoms with Gasteiger partial charge in [-0.15, -0.1) is 6.42 Å². The fourth-order valence-corrected chi connectivity index (χ4v) is 3.29. The standard InChI is InChI=1S/C17H18N2O2/c1-2-11-19-15(13-8-4-3-5-9-13)17(21)18-12-7-6-10-14(18)16(19)20/h1,3-5,8-9,14-15H,6-7,10-12H2. The predicted octanol–water partition coefficient (Wildman–Crippen LogP) is 1.58. The number of terminal acetylenes is 1. The van der Waals surface area contributed by atoms with Crippen LogP contribution >= 0.6 is 0 Å². The van der Waals surface area contributed by atoms with Crippen LogP contribution in [0.25, 0.3) is 0 Å². The molecule has 21 heavy (non-hydrogen) atoms. The van der Waals surface area contributed by atoms with Gasteiger partial charge in [-0.25, -0.2) is 0 Å². The zero-order chi connectivity index (χ0) is 14.8. The lowest BCUT2D eigenvalue weighted by atomic mass is 9.92. The molecule has 0 radical (unpaired) electrons. The van der Waals surface area contributed by atoms with Gasteiger partial charge in [0.05, 0.1) is 6.54 Å². The molecule has 3 rings (SSSR count). The highest BCUT2D eigenvalue weighted by atomic mass is 16.2. The zero-order valence-corrected chi connectivity index (χ0v) is 11.9. The maximum Gasteiger partial charge on any atom is 0.250 e. The summed E-state index contributed by atoms with van der Waals surface area (Å²) in [6.45, 7) is 0.844. The Balaban J connectivity index is 2.01. The lowest BCUT2D eigenvalue weighted by molar-refractivity contribution is -0.163. The van der Waals surface area contributed by atoms with Gasteiger partial charge in [-0.2, -0.15) is 0 Å². The van der Waals surface area contributed by atoms with Crippen molar-refractivity contribution in [3.8, 4) is 12.3 Å². The molecule has 2 heterocycles. The number of piperazine rings is 1. The van der Waals surface area contributed by atoms with Crippen LogP contribution in [0.15, 0.2) is 30.3 Å². The van der Waals surface area contributed by atoms with Gasteiger partial charge in [0.1, 0.15) is 12.1 Å². The summed E-state index contributed by atoms with van der Waals surface area (Å²) in [6.07, 6.45) is 8.10. The summed E-state index contributed by atoms with van der Waals surface area (Å²) in [5.41, 5.74) is 0.829. The molecule has 0 spiro atoms. The maximum atomic E-state index is 12.9. The third-order valence-electron chi connectivity index (χ3n) is 4.28. The van der Waals surface area contributed by atoms with E-state index in [2.05, 4.69) is 5.92 Å². The average Bonchev–Trinajstić information content (AvgIpc) is 2.54. The first-order chi connectivity index (χ1) is 10.2. The van der Waals surface area contributed by atoms with Crippen LogP contribution in [-0.4, -0.2) is 40.7 Å². The summed E-state index contributed by atoms with van der Waals surface area (Å²) >= 11 is 0. The van der Waals surface area contributed by atoms with Crippen molar-refractivity contribution in [1.29, 1.82) is 0 Å². The van der Waals surface area contributed by atoms with Gasteiger partial charge in [-0.05, 0) is 24.8 Å². The van der Waals surface area contributed by atoms with Crippen molar-refractivity contribution in [2.75, 3.05) is 13.1 Å². The topological polar surface area (TPSA) is 40.6 Å². The Hall–Kier alpha value is -2.28. The summed E-state index contributed by atoms with van der Waals surface area (Å²) in [6, 6.07) is 8.51. The molecular weight excluding hydrogens is 264 g/mol. The van der Waals surface area contributed by atoms with Gasteiger partial charge in [0, 0.05) is 6.54 Å². The van der Waals surface area contributed by atoms with Crippen molar-refractivity contribution >= 4 is 11.8 Å². The van der Waals surface area contributed by atoms with Crippen molar-refractivity contribution < 1.29 is 9.59 Å². The Morgan fingerprint density at radius 2 is 1.90 bits per heavy atom. The van der Waals surface area contributed by atoms with E-state index >= 15 is 0 Å². The number of nitrogens with zero attached hydrogens (tertiary/aromatic N) is 2. The second-order valence-corrected chi connectivity index (χ2v) is 5.53. The quantitative estimate of drug-likeness (QED) is 0.773. The van der Waals surface area contributed by atoms with Crippen molar-refractivity contribution in [3.05, 3.63) is 35.9 Å². The molecule has 1 aromatic rings. The van der Waals surface area contributed by atoms with Gasteiger partial charge in [0.15, 0.2) is 0 Å². The highest BCUT2D eigenvalue weighted by Gasteiger charge is 2.46. The molecule has 4 heteroatoms. The highest BCUT2D eigenvalue weighted by molar-refractivity contribution is 5.97. The highest BCUT2D eigenvalue weighted by Crippen LogP contribution is 2.33. The molecule has 2 amide bonds. The maximum absolute atomic E-state index is 12.9. The summed E-state index contributed by atoms with van der Waals surface area (Å²) in [4.78, 5) is 28.9. The molecule has 0 bridgehead atoms. The zero-order valence-electron chi connectivity index (χ0n) is 11.9. The smallest absolute Gasteiger partial charge is 0.250 e. The second-order valence-electron chi connectivity index (χ2n) is 5.53. The Bertz CT molecular complexity index is 591. The Morgan fingerprint density at radius 1 is 1.14 bits per heavy atom. The Kier molecular flexibility index (Phi) is 3.66. The van der Waals surface area contributed by atoms with Crippen LogP contribution in [0, 0.1) is 12.3 Å². The first-order valence-electron chi connectivity index (χ1n) is 7.33. The summed E-state index contributed by atoms with van der Waals surface area (Å²) in [5.74, 6) is 2.51. The van der Waals surface area contributed by atoms with Crippen LogP contribution in [0.4, 0.5) is 0 Å². The Morgan fingerprint density at radius 3 is 2.62 bits per heavy atom. The van der Waals surface area contributed by atoms with Gasteiger partial charge in [0.2, 0.25) is 5.91 Å². The first-order valence-corrected chi connectivity index (χ1v) is 7.33. The van der Waals surface area contributed by atoms with Gasteiger partial charge < -0.3 is 9.80 Å². The first kappa shape index (κ1) is 13.7. The van der Waals surface area contributed by atoms with E-state index in [0.29, 0.717) is 6.54 Å². The van der Waals surface area contributed by atoms with Gasteiger partial charge >= 0.3 is 0 Å². The molecule has 2 aliphatic rings. The molecule has 1 aromatic carbocycles. The molecule has 0 saturated carbocycles. The SMILES string of the molecule is C#CCN1C(=O)C2CCCCN2C(=O)C1c1ccccc1. The minimum atomic E-state index is -0.580. The van der Waals surface area contributed by atoms with E-state index in [0.717, 1.165) is 24.8 Å². The van der Waals surface area contributed by atoms with Gasteiger partial charge in [-0.1, -0.05) is 36.3 Å². The fourth-order valence-electron chi connectivity index (χ4n) is 3.29. The molecule has 2 fully saturated rings. The minimum Gasteiger partial charge on any atom is -0.329 e. The molecule has 0 aliphatic carbocycles. The van der Waals surface area contributed by atoms with Crippen molar-refractivity contribution in [2.45, 2.75) is 31.3 Å². The number of benzene rings is 1. The summed E-state index contributed by atoms with van der Waals surface area (Å²) in [5, 5.41) is 0. The second kappa shape index (κ2) is 5.61. The van der Waals surface area contributed by atoms with Gasteiger partial charge in [0.25, 0.3) is 5.91 Å². The third-order valence-corrected chi connectivity index (χ3v) is 4.28. The molecular formula is C17H18N2O2. The summed E-state index contributed by atoms with van der Waals surface area (Å²) < 4.78 is 0. The average molecular weight is 282 g/mol. The van der Waals surface area contributed by atoms with E-state index in [1.54, 1.807) is 9.80 Å². The van der Waals surface area contributed by atoms with Crippen LogP contribution in [-0.2, 0) is 9.59 Å². The lowest BCUT2D eigenvalue weighted by Crippen LogP contribution is -2.62. The van der Waals surface area contributed by atoms with E-state index in [-0.39, 0.29) is 24.4 Å². The van der Waals surface area contributed by atoms with Crippen LogP contribution < -0.4 is 0 Å². The number of piperidine rings is 1. The minimum absolute atomic E-state index is 0.000694. The molecule has 108 valence electrons. The molecule has 0 N–H and O–H groups in total. The summed E-state index contributed by atoms with van der Waals surface area (Å²) in [7, 11) is 0. The molecule has 4 nitrogen and oxygen atoms in total. The predicted molar refractivity (Wildman–Crippen MR) is 79.1 cm³/mol. The molecule has 2 saturated heterocycles. The number of fused-ring (bicyclic) bond motifs is 1. The largest absolute Gasteiger partial charge is 0.329 e. The molecule has 0 aromatic heterocycles. The van der Waals surface area contributed by atoms with Crippen LogP contribution in [0.1, 0.15) is 30.9 Å². The van der Waals surface area contributed by atoms with E-state index in [1.165, 1.54) is 0 Å². The lowest BCUT2D eigenvalue weighted by Gasteiger charge is -2.46. The third kappa shape index (κ3) is 2.29. The van der Waals surface area contributed by atoms with E-state index in [1.807, 2.05) is 30.3 Å². The van der Waals surface area contributed by atoms with Crippen LogP contribution in [0.5, 0.6) is 0 Å². The molecule has 2 unspecified atom stereocenters. The van der Waals surface area contributed by atoms with Crippen LogP contribution in [0.2, 0.25) is 0 Å². The van der Waals surface area contributed by atoms with Crippen molar-refractivity contribution in [2.24, 2.45) is 0 Å². The van der Waals surface area contributed by atoms with Crippen molar-refractivity contribution in [1.82, 2.24) is 9.80 Å². The number of amides is 2. The fraction of sp³-hybridized carbons (Fsp3) is 0.412.